The monoisotopic (exact) mass is 314 g/mol. The molecule has 2 aromatic carbocycles. The summed E-state index contributed by atoms with van der Waals surface area (Å²) in [6.45, 7) is 0.638. The molecule has 2 N–H and O–H groups in total. The van der Waals surface area contributed by atoms with Crippen LogP contribution in [0.25, 0.3) is 0 Å². The van der Waals surface area contributed by atoms with E-state index < -0.39 is 0 Å². The number of rotatable bonds is 3. The molecule has 6 heteroatoms. The zero-order valence-corrected chi connectivity index (χ0v) is 12.3. The van der Waals surface area contributed by atoms with E-state index in [2.05, 4.69) is 10.6 Å². The number of hydrogen-bond acceptors (Lipinski definition) is 3. The lowest BCUT2D eigenvalue weighted by Gasteiger charge is -2.10. The minimum atomic E-state index is -0.386. The fourth-order valence-corrected chi connectivity index (χ4v) is 2.26. The summed E-state index contributed by atoms with van der Waals surface area (Å²) < 4.78 is 18.3. The highest BCUT2D eigenvalue weighted by Gasteiger charge is 2.14. The molecule has 0 aliphatic carbocycles. The molecule has 1 aliphatic heterocycles. The van der Waals surface area contributed by atoms with Crippen LogP contribution in [0, 0.1) is 5.82 Å². The van der Waals surface area contributed by atoms with Gasteiger partial charge in [-0.1, -0.05) is 6.07 Å². The lowest BCUT2D eigenvalue weighted by Crippen LogP contribution is -2.22. The summed E-state index contributed by atoms with van der Waals surface area (Å²) >= 11 is 0. The standard InChI is InChI=1S/C17H15FN2O3/c18-13-4-2-12(3-5-13)17(22)19-10-11-1-6-15-14(9-11)20-16(21)7-8-23-15/h1-6,9H,7-8,10H2,(H,19,22)(H,20,21). The second kappa shape index (κ2) is 6.48. The first-order valence-corrected chi connectivity index (χ1v) is 7.21. The van der Waals surface area contributed by atoms with Gasteiger partial charge in [-0.2, -0.15) is 0 Å². The van der Waals surface area contributed by atoms with Gasteiger partial charge < -0.3 is 15.4 Å². The topological polar surface area (TPSA) is 67.4 Å². The van der Waals surface area contributed by atoms with Crippen molar-refractivity contribution in [2.24, 2.45) is 0 Å². The van der Waals surface area contributed by atoms with Crippen molar-refractivity contribution >= 4 is 17.5 Å². The Kier molecular flexibility index (Phi) is 4.23. The molecule has 0 spiro atoms. The van der Waals surface area contributed by atoms with Gasteiger partial charge in [0.1, 0.15) is 11.6 Å². The first-order chi connectivity index (χ1) is 11.1. The van der Waals surface area contributed by atoms with Crippen LogP contribution >= 0.6 is 0 Å². The van der Waals surface area contributed by atoms with Crippen LogP contribution in [0.3, 0.4) is 0 Å². The van der Waals surface area contributed by atoms with E-state index in [1.165, 1.54) is 24.3 Å². The quantitative estimate of drug-likeness (QED) is 0.914. The van der Waals surface area contributed by atoms with Crippen LogP contribution in [0.15, 0.2) is 42.5 Å². The van der Waals surface area contributed by atoms with Gasteiger partial charge in [0.15, 0.2) is 0 Å². The van der Waals surface area contributed by atoms with Gasteiger partial charge in [0, 0.05) is 12.1 Å². The van der Waals surface area contributed by atoms with Gasteiger partial charge in [0.05, 0.1) is 18.7 Å². The van der Waals surface area contributed by atoms with E-state index in [1.54, 1.807) is 12.1 Å². The van der Waals surface area contributed by atoms with Crippen molar-refractivity contribution in [3.8, 4) is 5.75 Å². The molecule has 0 radical (unpaired) electrons. The Morgan fingerprint density at radius 2 is 2.00 bits per heavy atom. The normalized spacial score (nSPS) is 13.3. The highest BCUT2D eigenvalue weighted by atomic mass is 19.1. The maximum atomic E-state index is 12.8. The average Bonchev–Trinajstić information content (AvgIpc) is 2.73. The van der Waals surface area contributed by atoms with Crippen molar-refractivity contribution in [2.75, 3.05) is 11.9 Å². The molecular formula is C17H15FN2O3. The molecule has 0 saturated heterocycles. The van der Waals surface area contributed by atoms with E-state index in [9.17, 15) is 14.0 Å². The van der Waals surface area contributed by atoms with Crippen molar-refractivity contribution in [3.05, 3.63) is 59.4 Å². The minimum Gasteiger partial charge on any atom is -0.491 e. The third kappa shape index (κ3) is 3.66. The molecule has 1 heterocycles. The molecule has 5 nitrogen and oxygen atoms in total. The molecular weight excluding hydrogens is 299 g/mol. The Balaban J connectivity index is 1.67. The van der Waals surface area contributed by atoms with E-state index in [0.717, 1.165) is 5.56 Å². The van der Waals surface area contributed by atoms with Gasteiger partial charge >= 0.3 is 0 Å². The van der Waals surface area contributed by atoms with Crippen molar-refractivity contribution in [1.29, 1.82) is 0 Å². The molecule has 2 amide bonds. The molecule has 1 aliphatic rings. The Bertz CT molecular complexity index is 744. The zero-order valence-electron chi connectivity index (χ0n) is 12.3. The summed E-state index contributed by atoms with van der Waals surface area (Å²) in [7, 11) is 0. The number of nitrogens with one attached hydrogen (secondary N) is 2. The summed E-state index contributed by atoms with van der Waals surface area (Å²) in [4.78, 5) is 23.5. The molecule has 0 fully saturated rings. The molecule has 0 saturated carbocycles. The van der Waals surface area contributed by atoms with Gasteiger partial charge in [0.2, 0.25) is 5.91 Å². The predicted octanol–water partition coefficient (Wildman–Crippen LogP) is 2.48. The van der Waals surface area contributed by atoms with Gasteiger partial charge in [-0.05, 0) is 42.0 Å². The number of hydrogen-bond donors (Lipinski definition) is 2. The Morgan fingerprint density at radius 1 is 1.22 bits per heavy atom. The number of benzene rings is 2. The molecule has 3 rings (SSSR count). The van der Waals surface area contributed by atoms with Crippen LogP contribution < -0.4 is 15.4 Å². The van der Waals surface area contributed by atoms with Crippen molar-refractivity contribution in [3.63, 3.8) is 0 Å². The average molecular weight is 314 g/mol. The first kappa shape index (κ1) is 15.0. The summed E-state index contributed by atoms with van der Waals surface area (Å²) in [5.74, 6) is -0.163. The van der Waals surface area contributed by atoms with Crippen LogP contribution in [0.4, 0.5) is 10.1 Å². The molecule has 0 unspecified atom stereocenters. The molecule has 2 aromatic rings. The summed E-state index contributed by atoms with van der Waals surface area (Å²) in [6, 6.07) is 10.7. The van der Waals surface area contributed by atoms with Crippen LogP contribution in [-0.2, 0) is 11.3 Å². The van der Waals surface area contributed by atoms with Crippen LogP contribution in [-0.4, -0.2) is 18.4 Å². The van der Waals surface area contributed by atoms with Gasteiger partial charge in [0.25, 0.3) is 5.91 Å². The fraction of sp³-hybridized carbons (Fsp3) is 0.176. The minimum absolute atomic E-state index is 0.101. The smallest absolute Gasteiger partial charge is 0.251 e. The Labute approximate surface area is 132 Å². The number of amides is 2. The second-order valence-electron chi connectivity index (χ2n) is 5.17. The third-order valence-electron chi connectivity index (χ3n) is 3.46. The number of ether oxygens (including phenoxy) is 1. The lowest BCUT2D eigenvalue weighted by molar-refractivity contribution is -0.116. The van der Waals surface area contributed by atoms with E-state index in [1.807, 2.05) is 6.07 Å². The van der Waals surface area contributed by atoms with E-state index in [-0.39, 0.29) is 17.6 Å². The van der Waals surface area contributed by atoms with Gasteiger partial charge in [-0.15, -0.1) is 0 Å². The number of halogens is 1. The molecule has 23 heavy (non-hydrogen) atoms. The number of carbonyl (C=O) groups is 2. The SMILES string of the molecule is O=C1CCOc2ccc(CNC(=O)c3ccc(F)cc3)cc2N1. The van der Waals surface area contributed by atoms with Gasteiger partial charge in [-0.3, -0.25) is 9.59 Å². The first-order valence-electron chi connectivity index (χ1n) is 7.21. The number of fused-ring (bicyclic) bond motifs is 1. The summed E-state index contributed by atoms with van der Waals surface area (Å²) in [5.41, 5.74) is 1.81. The molecule has 118 valence electrons. The van der Waals surface area contributed by atoms with Crippen molar-refractivity contribution in [1.82, 2.24) is 5.32 Å². The largest absolute Gasteiger partial charge is 0.491 e. The molecule has 0 aromatic heterocycles. The summed E-state index contributed by atoms with van der Waals surface area (Å²) in [6.07, 6.45) is 0.311. The van der Waals surface area contributed by atoms with E-state index >= 15 is 0 Å². The summed E-state index contributed by atoms with van der Waals surface area (Å²) in [5, 5.41) is 5.52. The van der Waals surface area contributed by atoms with Gasteiger partial charge in [-0.25, -0.2) is 4.39 Å². The fourth-order valence-electron chi connectivity index (χ4n) is 2.26. The maximum absolute atomic E-state index is 12.8. The van der Waals surface area contributed by atoms with E-state index in [4.69, 9.17) is 4.74 Å². The third-order valence-corrected chi connectivity index (χ3v) is 3.46. The predicted molar refractivity (Wildman–Crippen MR) is 82.8 cm³/mol. The molecule has 0 bridgehead atoms. The highest BCUT2D eigenvalue weighted by molar-refractivity contribution is 5.94. The zero-order chi connectivity index (χ0) is 16.2. The van der Waals surface area contributed by atoms with Crippen LogP contribution in [0.1, 0.15) is 22.3 Å². The Morgan fingerprint density at radius 3 is 2.78 bits per heavy atom. The Hall–Kier alpha value is -2.89. The van der Waals surface area contributed by atoms with Crippen LogP contribution in [0.5, 0.6) is 5.75 Å². The number of anilines is 1. The maximum Gasteiger partial charge on any atom is 0.251 e. The second-order valence-corrected chi connectivity index (χ2v) is 5.17. The molecule has 0 atom stereocenters. The van der Waals surface area contributed by atoms with Crippen molar-refractivity contribution < 1.29 is 18.7 Å². The highest BCUT2D eigenvalue weighted by Crippen LogP contribution is 2.28. The van der Waals surface area contributed by atoms with E-state index in [0.29, 0.717) is 36.6 Å². The lowest BCUT2D eigenvalue weighted by atomic mass is 10.1. The number of carbonyl (C=O) groups excluding carboxylic acids is 2. The van der Waals surface area contributed by atoms with Crippen LogP contribution in [0.2, 0.25) is 0 Å². The van der Waals surface area contributed by atoms with Crippen molar-refractivity contribution in [2.45, 2.75) is 13.0 Å².